The van der Waals surface area contributed by atoms with Crippen molar-refractivity contribution in [2.45, 2.75) is 38.3 Å². The standard InChI is InChI=1S/C25H23ClF2N8O4/c26-15-3-1-2-14(6-15)9-36(28)25(39)21-7-16(27)10-35(21)23(37)12-34-11-19(24(29)38)18-5-4-17(8-20(18)34)40-13-22-30-32-33-31-22/h1-6,8,11,16,21H,7,9-10,12-13H2,(H2,29,38)(H,30,31,32,33)/t16-,21+/m1/s1. The normalized spacial score (nSPS) is 16.8. The Balaban J connectivity index is 1.35. The molecule has 0 aliphatic carbocycles. The van der Waals surface area contributed by atoms with Gasteiger partial charge in [0.15, 0.2) is 6.61 Å². The number of fused-ring (bicyclic) bond motifs is 1. The minimum Gasteiger partial charge on any atom is -0.485 e. The van der Waals surface area contributed by atoms with Gasteiger partial charge < -0.3 is 19.9 Å². The molecule has 1 aliphatic heterocycles. The lowest BCUT2D eigenvalue weighted by Crippen LogP contribution is -2.46. The molecule has 3 amide bonds. The molecule has 1 aliphatic rings. The van der Waals surface area contributed by atoms with Crippen molar-refractivity contribution in [2.75, 3.05) is 6.54 Å². The fraction of sp³-hybridized carbons (Fsp3) is 0.280. The van der Waals surface area contributed by atoms with Crippen LogP contribution >= 0.6 is 11.6 Å². The number of benzene rings is 2. The maximum absolute atomic E-state index is 14.9. The SMILES string of the molecule is NC(=O)c1cn(CC(=O)N2C[C@H](F)C[C@H]2C(=O)N(F)Cc2cccc(Cl)c2)c2cc(OCc3nn[nH]n3)ccc12. The van der Waals surface area contributed by atoms with Crippen LogP contribution in [-0.4, -0.2) is 71.7 Å². The van der Waals surface area contributed by atoms with E-state index < -0.39 is 36.5 Å². The van der Waals surface area contributed by atoms with Crippen molar-refractivity contribution >= 4 is 40.2 Å². The molecule has 208 valence electrons. The van der Waals surface area contributed by atoms with Gasteiger partial charge in [0.05, 0.1) is 24.2 Å². The van der Waals surface area contributed by atoms with E-state index in [1.165, 1.54) is 16.8 Å². The minimum atomic E-state index is -1.51. The summed E-state index contributed by atoms with van der Waals surface area (Å²) in [5.41, 5.74) is 6.56. The molecule has 0 saturated carbocycles. The highest BCUT2D eigenvalue weighted by Gasteiger charge is 2.42. The Kier molecular flexibility index (Phi) is 7.60. The Morgan fingerprint density at radius 3 is 2.77 bits per heavy atom. The molecule has 40 heavy (non-hydrogen) atoms. The van der Waals surface area contributed by atoms with Crippen LogP contribution in [-0.2, 0) is 29.3 Å². The van der Waals surface area contributed by atoms with E-state index >= 15 is 0 Å². The molecule has 2 aromatic heterocycles. The summed E-state index contributed by atoms with van der Waals surface area (Å²) >= 11 is 5.93. The van der Waals surface area contributed by atoms with Gasteiger partial charge in [-0.1, -0.05) is 33.4 Å². The van der Waals surface area contributed by atoms with E-state index in [2.05, 4.69) is 20.6 Å². The van der Waals surface area contributed by atoms with Crippen LogP contribution in [0.15, 0.2) is 48.7 Å². The number of rotatable bonds is 9. The predicted molar refractivity (Wildman–Crippen MR) is 137 cm³/mol. The zero-order chi connectivity index (χ0) is 28.4. The van der Waals surface area contributed by atoms with Crippen LogP contribution in [0.3, 0.4) is 0 Å². The second-order valence-corrected chi connectivity index (χ2v) is 9.65. The number of alkyl halides is 1. The second kappa shape index (κ2) is 11.3. The molecule has 4 aromatic rings. The van der Waals surface area contributed by atoms with E-state index in [4.69, 9.17) is 22.1 Å². The first kappa shape index (κ1) is 27.0. The Hall–Kier alpha value is -4.59. The number of nitrogens with one attached hydrogen (secondary N) is 1. The van der Waals surface area contributed by atoms with Gasteiger partial charge in [0.2, 0.25) is 11.7 Å². The third kappa shape index (κ3) is 5.71. The fourth-order valence-electron chi connectivity index (χ4n) is 4.65. The summed E-state index contributed by atoms with van der Waals surface area (Å²) in [6.45, 7) is -1.14. The molecule has 1 saturated heterocycles. The number of nitrogens with two attached hydrogens (primary N) is 1. The minimum absolute atomic E-state index is 0.00863. The van der Waals surface area contributed by atoms with Crippen LogP contribution in [0, 0.1) is 0 Å². The maximum Gasteiger partial charge on any atom is 0.273 e. The molecule has 0 spiro atoms. The monoisotopic (exact) mass is 572 g/mol. The predicted octanol–water partition coefficient (Wildman–Crippen LogP) is 2.34. The van der Waals surface area contributed by atoms with Crippen molar-refractivity contribution in [3.63, 3.8) is 0 Å². The van der Waals surface area contributed by atoms with Gasteiger partial charge >= 0.3 is 0 Å². The molecule has 3 N–H and O–H groups in total. The third-order valence-electron chi connectivity index (χ3n) is 6.49. The van der Waals surface area contributed by atoms with Crippen molar-refractivity contribution < 1.29 is 28.0 Å². The number of hydrogen-bond donors (Lipinski definition) is 2. The lowest BCUT2D eigenvalue weighted by Gasteiger charge is -2.26. The molecule has 0 bridgehead atoms. The molecular formula is C25H23ClF2N8O4. The number of aromatic amines is 1. The Labute approximate surface area is 230 Å². The molecule has 15 heteroatoms. The van der Waals surface area contributed by atoms with Gasteiger partial charge in [-0.15, -0.1) is 10.2 Å². The third-order valence-corrected chi connectivity index (χ3v) is 6.72. The number of hydrogen-bond acceptors (Lipinski definition) is 7. The van der Waals surface area contributed by atoms with E-state index in [9.17, 15) is 23.3 Å². The quantitative estimate of drug-likeness (QED) is 0.292. The van der Waals surface area contributed by atoms with Crippen molar-refractivity contribution in [2.24, 2.45) is 5.73 Å². The highest BCUT2D eigenvalue weighted by atomic mass is 35.5. The Bertz CT molecular complexity index is 1560. The van der Waals surface area contributed by atoms with Crippen molar-refractivity contribution in [3.05, 3.63) is 70.6 Å². The van der Waals surface area contributed by atoms with Gasteiger partial charge in [-0.2, -0.15) is 10.3 Å². The van der Waals surface area contributed by atoms with Gasteiger partial charge in [0.25, 0.3) is 11.8 Å². The number of ether oxygens (including phenoxy) is 1. The van der Waals surface area contributed by atoms with E-state index in [1.807, 2.05) is 0 Å². The first-order valence-electron chi connectivity index (χ1n) is 12.1. The number of H-pyrrole nitrogens is 1. The molecule has 12 nitrogen and oxygen atoms in total. The van der Waals surface area contributed by atoms with Gasteiger partial charge in [0.1, 0.15) is 24.5 Å². The second-order valence-electron chi connectivity index (χ2n) is 9.21. The molecule has 0 radical (unpaired) electrons. The van der Waals surface area contributed by atoms with E-state index in [0.29, 0.717) is 33.1 Å². The Morgan fingerprint density at radius 2 is 2.05 bits per heavy atom. The average molecular weight is 573 g/mol. The van der Waals surface area contributed by atoms with E-state index in [0.717, 1.165) is 4.90 Å². The fourth-order valence-corrected chi connectivity index (χ4v) is 4.86. The van der Waals surface area contributed by atoms with Crippen LogP contribution in [0.25, 0.3) is 10.9 Å². The van der Waals surface area contributed by atoms with Gasteiger partial charge in [0, 0.05) is 29.1 Å². The summed E-state index contributed by atoms with van der Waals surface area (Å²) in [6, 6.07) is 9.80. The summed E-state index contributed by atoms with van der Waals surface area (Å²) in [5.74, 6) is -1.70. The number of likely N-dealkylation sites (tertiary alicyclic amines) is 1. The molecule has 1 fully saturated rings. The van der Waals surface area contributed by atoms with Crippen molar-refractivity contribution in [3.8, 4) is 5.75 Å². The van der Waals surface area contributed by atoms with Crippen LogP contribution in [0.4, 0.5) is 8.87 Å². The maximum atomic E-state index is 14.9. The number of carbonyl (C=O) groups is 3. The van der Waals surface area contributed by atoms with Crippen molar-refractivity contribution in [1.82, 2.24) is 35.2 Å². The molecule has 0 unspecified atom stereocenters. The number of aromatic nitrogens is 5. The highest BCUT2D eigenvalue weighted by Crippen LogP contribution is 2.28. The van der Waals surface area contributed by atoms with Gasteiger partial charge in [-0.3, -0.25) is 14.4 Å². The van der Waals surface area contributed by atoms with Gasteiger partial charge in [-0.25, -0.2) is 4.39 Å². The van der Waals surface area contributed by atoms with E-state index in [1.54, 1.807) is 36.4 Å². The lowest BCUT2D eigenvalue weighted by molar-refractivity contribution is -0.156. The molecule has 2 atom stereocenters. The molecule has 3 heterocycles. The van der Waals surface area contributed by atoms with Crippen LogP contribution in [0.5, 0.6) is 5.75 Å². The highest BCUT2D eigenvalue weighted by molar-refractivity contribution is 6.30. The number of amides is 3. The first-order valence-corrected chi connectivity index (χ1v) is 12.5. The van der Waals surface area contributed by atoms with Crippen LogP contribution in [0.1, 0.15) is 28.2 Å². The lowest BCUT2D eigenvalue weighted by atomic mass is 10.1. The topological polar surface area (TPSA) is 152 Å². The Morgan fingerprint density at radius 1 is 1.23 bits per heavy atom. The summed E-state index contributed by atoms with van der Waals surface area (Å²) in [7, 11) is 0. The first-order chi connectivity index (χ1) is 19.2. The molecule has 2 aromatic carbocycles. The number of carbonyl (C=O) groups excluding carboxylic acids is 3. The molecular weight excluding hydrogens is 550 g/mol. The molecule has 5 rings (SSSR count). The van der Waals surface area contributed by atoms with Gasteiger partial charge in [-0.05, 0) is 29.8 Å². The zero-order valence-corrected chi connectivity index (χ0v) is 21.6. The summed E-state index contributed by atoms with van der Waals surface area (Å²) in [5, 5.41) is 14.2. The van der Waals surface area contributed by atoms with E-state index in [-0.39, 0.29) is 36.8 Å². The summed E-state index contributed by atoms with van der Waals surface area (Å²) in [6.07, 6.45) is -0.452. The average Bonchev–Trinajstić information content (AvgIpc) is 3.66. The van der Waals surface area contributed by atoms with Crippen molar-refractivity contribution in [1.29, 1.82) is 0 Å². The smallest absolute Gasteiger partial charge is 0.273 e. The summed E-state index contributed by atoms with van der Waals surface area (Å²) < 4.78 is 36.4. The number of halogens is 3. The van der Waals surface area contributed by atoms with Crippen LogP contribution < -0.4 is 10.5 Å². The number of tetrazole rings is 1. The largest absolute Gasteiger partial charge is 0.485 e. The number of primary amides is 1. The number of nitrogens with zero attached hydrogens (tertiary/aromatic N) is 6. The van der Waals surface area contributed by atoms with Crippen LogP contribution in [0.2, 0.25) is 5.02 Å². The zero-order valence-electron chi connectivity index (χ0n) is 20.8. The summed E-state index contributed by atoms with van der Waals surface area (Å²) in [4.78, 5) is 39.4.